The van der Waals surface area contributed by atoms with Crippen LogP contribution < -0.4 is 5.32 Å². The van der Waals surface area contributed by atoms with Gasteiger partial charge in [0.2, 0.25) is 5.91 Å². The lowest BCUT2D eigenvalue weighted by Gasteiger charge is -2.16. The van der Waals surface area contributed by atoms with E-state index in [1.54, 1.807) is 11.3 Å². The molecule has 0 saturated heterocycles. The van der Waals surface area contributed by atoms with Crippen molar-refractivity contribution in [3.8, 4) is 11.3 Å². The molecule has 0 spiro atoms. The summed E-state index contributed by atoms with van der Waals surface area (Å²) in [6.07, 6.45) is 0. The van der Waals surface area contributed by atoms with Crippen LogP contribution >= 0.6 is 11.3 Å². The van der Waals surface area contributed by atoms with Gasteiger partial charge in [-0.2, -0.15) is 0 Å². The molecule has 0 aliphatic carbocycles. The van der Waals surface area contributed by atoms with Crippen molar-refractivity contribution in [3.05, 3.63) is 63.5 Å². The van der Waals surface area contributed by atoms with Crippen LogP contribution in [0.1, 0.15) is 35.8 Å². The van der Waals surface area contributed by atoms with E-state index >= 15 is 0 Å². The van der Waals surface area contributed by atoms with E-state index < -0.39 is 0 Å². The number of rotatable bonds is 8. The first-order valence-electron chi connectivity index (χ1n) is 10.1. The van der Waals surface area contributed by atoms with E-state index in [0.717, 1.165) is 33.2 Å². The second-order valence-electron chi connectivity index (χ2n) is 8.02. The molecule has 3 aromatic rings. The number of likely N-dealkylation sites (N-methyl/N-ethyl adjacent to an activating group) is 1. The minimum atomic E-state index is -0.220. The van der Waals surface area contributed by atoms with Crippen molar-refractivity contribution < 1.29 is 9.18 Å². The van der Waals surface area contributed by atoms with Gasteiger partial charge >= 0.3 is 0 Å². The van der Waals surface area contributed by atoms with Gasteiger partial charge in [0.15, 0.2) is 0 Å². The summed E-state index contributed by atoms with van der Waals surface area (Å²) in [5.41, 5.74) is 5.40. The molecular weight excluding hydrogens is 399 g/mol. The molecule has 0 fully saturated rings. The quantitative estimate of drug-likeness (QED) is 0.580. The number of aryl methyl sites for hydroxylation is 1. The highest BCUT2D eigenvalue weighted by molar-refractivity contribution is 7.09. The average molecular weight is 429 g/mol. The lowest BCUT2D eigenvalue weighted by Crippen LogP contribution is -2.38. The van der Waals surface area contributed by atoms with E-state index in [1.807, 2.05) is 37.9 Å². The second kappa shape index (κ2) is 9.53. The molecule has 2 aromatic heterocycles. The third-order valence-corrected chi connectivity index (χ3v) is 5.76. The fraction of sp³-hybridized carbons (Fsp3) is 0.391. The highest BCUT2D eigenvalue weighted by Crippen LogP contribution is 2.29. The van der Waals surface area contributed by atoms with Gasteiger partial charge in [0, 0.05) is 34.9 Å². The fourth-order valence-corrected chi connectivity index (χ4v) is 4.36. The zero-order chi connectivity index (χ0) is 21.8. The van der Waals surface area contributed by atoms with Crippen molar-refractivity contribution in [1.29, 1.82) is 0 Å². The maximum atomic E-state index is 13.2. The minimum Gasteiger partial charge on any atom is -0.353 e. The van der Waals surface area contributed by atoms with Gasteiger partial charge in [-0.15, -0.1) is 11.3 Å². The van der Waals surface area contributed by atoms with Gasteiger partial charge in [0.25, 0.3) is 0 Å². The summed E-state index contributed by atoms with van der Waals surface area (Å²) in [5, 5.41) is 5.96. The smallest absolute Gasteiger partial charge is 0.234 e. The first-order chi connectivity index (χ1) is 14.2. The van der Waals surface area contributed by atoms with E-state index in [0.29, 0.717) is 19.6 Å². The predicted molar refractivity (Wildman–Crippen MR) is 120 cm³/mol. The topological polar surface area (TPSA) is 50.2 Å². The summed E-state index contributed by atoms with van der Waals surface area (Å²) in [6, 6.07) is 8.92. The SMILES string of the molecule is Cc1cc(-c2csc(CN(C)CC(=O)NC(C)C)n2)c(C)n1Cc1ccc(F)cc1. The van der Waals surface area contributed by atoms with Crippen LogP contribution in [-0.4, -0.2) is 40.0 Å². The lowest BCUT2D eigenvalue weighted by atomic mass is 10.2. The van der Waals surface area contributed by atoms with Crippen molar-refractivity contribution in [2.24, 2.45) is 0 Å². The van der Waals surface area contributed by atoms with Crippen molar-refractivity contribution >= 4 is 17.2 Å². The van der Waals surface area contributed by atoms with Gasteiger partial charge in [0.1, 0.15) is 10.8 Å². The van der Waals surface area contributed by atoms with Crippen molar-refractivity contribution in [2.45, 2.75) is 46.8 Å². The van der Waals surface area contributed by atoms with E-state index in [2.05, 4.69) is 35.2 Å². The van der Waals surface area contributed by atoms with Crippen LogP contribution in [0.4, 0.5) is 4.39 Å². The molecule has 160 valence electrons. The Morgan fingerprint density at radius 1 is 1.27 bits per heavy atom. The Labute approximate surface area is 181 Å². The standard InChI is InChI=1S/C23H29FN4OS/c1-15(2)25-22(29)12-27(5)13-23-26-21(14-30-23)20-10-16(3)28(17(20)4)11-18-6-8-19(24)9-7-18/h6-10,14-15H,11-13H2,1-5H3,(H,25,29). The third-order valence-electron chi connectivity index (χ3n) is 4.92. The average Bonchev–Trinajstić information content (AvgIpc) is 3.22. The molecule has 0 unspecified atom stereocenters. The number of carbonyl (C=O) groups is 1. The Hall–Kier alpha value is -2.51. The molecule has 2 heterocycles. The summed E-state index contributed by atoms with van der Waals surface area (Å²) in [5.74, 6) is -0.198. The van der Waals surface area contributed by atoms with E-state index in [-0.39, 0.29) is 17.8 Å². The third kappa shape index (κ3) is 5.55. The molecule has 0 radical (unpaired) electrons. The normalized spacial score (nSPS) is 11.5. The van der Waals surface area contributed by atoms with Gasteiger partial charge in [0.05, 0.1) is 18.8 Å². The Balaban J connectivity index is 1.71. The van der Waals surface area contributed by atoms with Crippen LogP contribution in [0.15, 0.2) is 35.7 Å². The number of hydrogen-bond donors (Lipinski definition) is 1. The van der Waals surface area contributed by atoms with E-state index in [1.165, 1.54) is 12.1 Å². The molecule has 0 aliphatic heterocycles. The number of benzene rings is 1. The monoisotopic (exact) mass is 428 g/mol. The minimum absolute atomic E-state index is 0.0219. The van der Waals surface area contributed by atoms with Crippen LogP contribution in [0.25, 0.3) is 11.3 Å². The first kappa shape index (κ1) is 22.2. The molecule has 0 saturated carbocycles. The molecule has 3 rings (SSSR count). The number of hydrogen-bond acceptors (Lipinski definition) is 4. The zero-order valence-electron chi connectivity index (χ0n) is 18.2. The Morgan fingerprint density at radius 2 is 1.97 bits per heavy atom. The van der Waals surface area contributed by atoms with Gasteiger partial charge in [-0.25, -0.2) is 9.37 Å². The summed E-state index contributed by atoms with van der Waals surface area (Å²) in [7, 11) is 1.93. The maximum Gasteiger partial charge on any atom is 0.234 e. The lowest BCUT2D eigenvalue weighted by molar-refractivity contribution is -0.122. The molecule has 7 heteroatoms. The zero-order valence-corrected chi connectivity index (χ0v) is 19.0. The van der Waals surface area contributed by atoms with Crippen molar-refractivity contribution in [1.82, 2.24) is 19.8 Å². The molecule has 1 N–H and O–H groups in total. The van der Waals surface area contributed by atoms with E-state index in [4.69, 9.17) is 4.98 Å². The summed E-state index contributed by atoms with van der Waals surface area (Å²) >= 11 is 1.61. The predicted octanol–water partition coefficient (Wildman–Crippen LogP) is 4.37. The second-order valence-corrected chi connectivity index (χ2v) is 8.96. The molecule has 30 heavy (non-hydrogen) atoms. The first-order valence-corrected chi connectivity index (χ1v) is 10.9. The fourth-order valence-electron chi connectivity index (χ4n) is 3.48. The molecule has 1 amide bonds. The highest BCUT2D eigenvalue weighted by atomic mass is 32.1. The molecular formula is C23H29FN4OS. The Bertz CT molecular complexity index is 1010. The van der Waals surface area contributed by atoms with Crippen LogP contribution in [-0.2, 0) is 17.9 Å². The number of thiazole rings is 1. The van der Waals surface area contributed by atoms with Crippen molar-refractivity contribution in [2.75, 3.05) is 13.6 Å². The number of nitrogens with one attached hydrogen (secondary N) is 1. The molecule has 1 aromatic carbocycles. The summed E-state index contributed by atoms with van der Waals surface area (Å²) in [6.45, 7) is 9.75. The van der Waals surface area contributed by atoms with Crippen molar-refractivity contribution in [3.63, 3.8) is 0 Å². The van der Waals surface area contributed by atoms with Gasteiger partial charge in [-0.1, -0.05) is 12.1 Å². The molecule has 5 nitrogen and oxygen atoms in total. The number of nitrogens with zero attached hydrogens (tertiary/aromatic N) is 3. The highest BCUT2D eigenvalue weighted by Gasteiger charge is 2.15. The van der Waals surface area contributed by atoms with Gasteiger partial charge in [-0.3, -0.25) is 9.69 Å². The van der Waals surface area contributed by atoms with Crippen LogP contribution in [0, 0.1) is 19.7 Å². The van der Waals surface area contributed by atoms with Gasteiger partial charge < -0.3 is 9.88 Å². The number of halogens is 1. The molecule has 0 aliphatic rings. The molecule has 0 atom stereocenters. The Morgan fingerprint density at radius 3 is 2.63 bits per heavy atom. The van der Waals surface area contributed by atoms with Gasteiger partial charge in [-0.05, 0) is 58.5 Å². The molecule has 0 bridgehead atoms. The summed E-state index contributed by atoms with van der Waals surface area (Å²) in [4.78, 5) is 18.7. The van der Waals surface area contributed by atoms with E-state index in [9.17, 15) is 9.18 Å². The number of amides is 1. The van der Waals surface area contributed by atoms with Crippen LogP contribution in [0.5, 0.6) is 0 Å². The Kier molecular flexibility index (Phi) is 7.05. The number of aromatic nitrogens is 2. The van der Waals surface area contributed by atoms with Crippen LogP contribution in [0.2, 0.25) is 0 Å². The number of carbonyl (C=O) groups excluding carboxylic acids is 1. The summed E-state index contributed by atoms with van der Waals surface area (Å²) < 4.78 is 15.4. The maximum absolute atomic E-state index is 13.2. The largest absolute Gasteiger partial charge is 0.353 e. The van der Waals surface area contributed by atoms with Crippen LogP contribution in [0.3, 0.4) is 0 Å².